The number of hydrogen-bond acceptors (Lipinski definition) is 4. The number of hydrogen-bond donors (Lipinski definition) is 4. The van der Waals surface area contributed by atoms with Crippen molar-refractivity contribution in [3.63, 3.8) is 0 Å². The molecule has 0 aromatic rings. The molecule has 4 nitrogen and oxygen atoms in total. The zero-order valence-corrected chi connectivity index (χ0v) is 41.4. The second-order valence-electron chi connectivity index (χ2n) is 26.5. The van der Waals surface area contributed by atoms with Crippen LogP contribution >= 0.6 is 0 Å². The summed E-state index contributed by atoms with van der Waals surface area (Å²) in [5.41, 5.74) is 1.11. The molecular formula is C56H91F3O4. The van der Waals surface area contributed by atoms with E-state index in [4.69, 9.17) is 0 Å². The fourth-order valence-corrected chi connectivity index (χ4v) is 18.4. The summed E-state index contributed by atoms with van der Waals surface area (Å²) < 4.78 is 40.9. The number of rotatable bonds is 12. The lowest BCUT2D eigenvalue weighted by Gasteiger charge is -2.61. The molecule has 0 bridgehead atoms. The predicted molar refractivity (Wildman–Crippen MR) is 248 cm³/mol. The Labute approximate surface area is 381 Å². The van der Waals surface area contributed by atoms with Gasteiger partial charge in [0, 0.05) is 0 Å². The highest BCUT2D eigenvalue weighted by Crippen LogP contribution is 2.71. The molecular weight excluding hydrogens is 794 g/mol. The molecule has 360 valence electrons. The van der Waals surface area contributed by atoms with Gasteiger partial charge in [-0.25, -0.2) is 0 Å². The van der Waals surface area contributed by atoms with Gasteiger partial charge in [-0.15, -0.1) is 0 Å². The van der Waals surface area contributed by atoms with E-state index in [9.17, 15) is 33.6 Å². The molecule has 0 aromatic heterocycles. The highest BCUT2D eigenvalue weighted by atomic mass is 19.4. The highest BCUT2D eigenvalue weighted by molar-refractivity contribution is 5.31. The molecule has 0 amide bonds. The molecule has 0 saturated heterocycles. The molecule has 4 N–H and O–H groups in total. The molecule has 0 radical (unpaired) electrons. The van der Waals surface area contributed by atoms with Crippen LogP contribution in [0.1, 0.15) is 204 Å². The van der Waals surface area contributed by atoms with Gasteiger partial charge in [-0.05, 0) is 242 Å². The third-order valence-electron chi connectivity index (χ3n) is 22.5. The molecule has 19 atom stereocenters. The van der Waals surface area contributed by atoms with Crippen LogP contribution in [0.25, 0.3) is 0 Å². The number of alkyl halides is 3. The molecule has 0 spiro atoms. The molecule has 63 heavy (non-hydrogen) atoms. The summed E-state index contributed by atoms with van der Waals surface area (Å²) in [5.74, 6) is 3.72. The molecule has 8 aliphatic carbocycles. The van der Waals surface area contributed by atoms with Gasteiger partial charge >= 0.3 is 6.18 Å². The standard InChI is InChI=1S/C56H91F3O4/c1-11-55(63)29-28-52(8)39(33-55)31-46(60)48-43-19-17-41(54(43,10)25-22-45(48)52)36(20-23-49(4,5)61)14-15-37-30-38-32-50(6,62)26-27-51(38,7)44-21-24-53(9)40(16-18-42(53)47(37)44)34(2)12-13-35(3)56(57,58)59/h30-31,34-37,40-48,60-63H,11-29,32-33H2,1-10H3/t34-,35-,36-,37-,40-,41-,42+,43+,44+,45+,46-,47+,48+,50+,51+,52+,53-,54-,55+/m1/s1. The van der Waals surface area contributed by atoms with Crippen molar-refractivity contribution in [2.45, 2.75) is 233 Å². The van der Waals surface area contributed by atoms with Gasteiger partial charge in [0.1, 0.15) is 0 Å². The Morgan fingerprint density at radius 3 is 1.86 bits per heavy atom. The van der Waals surface area contributed by atoms with Gasteiger partial charge < -0.3 is 20.4 Å². The Kier molecular flexibility index (Phi) is 12.8. The zero-order chi connectivity index (χ0) is 45.9. The molecule has 6 saturated carbocycles. The van der Waals surface area contributed by atoms with Gasteiger partial charge in [0.15, 0.2) is 0 Å². The van der Waals surface area contributed by atoms with E-state index in [1.165, 1.54) is 43.8 Å². The van der Waals surface area contributed by atoms with Crippen LogP contribution in [0.5, 0.6) is 0 Å². The van der Waals surface area contributed by atoms with E-state index in [0.29, 0.717) is 66.1 Å². The Bertz CT molecular complexity index is 1730. The van der Waals surface area contributed by atoms with Crippen molar-refractivity contribution < 1.29 is 33.6 Å². The quantitative estimate of drug-likeness (QED) is 0.147. The number of halogens is 3. The van der Waals surface area contributed by atoms with Crippen LogP contribution in [0.4, 0.5) is 13.2 Å². The van der Waals surface area contributed by atoms with E-state index in [2.05, 4.69) is 53.7 Å². The third-order valence-corrected chi connectivity index (χ3v) is 22.5. The smallest absolute Gasteiger partial charge is 0.390 e. The van der Waals surface area contributed by atoms with Crippen molar-refractivity contribution in [1.82, 2.24) is 0 Å². The van der Waals surface area contributed by atoms with E-state index in [-0.39, 0.29) is 39.9 Å². The first-order valence-corrected chi connectivity index (χ1v) is 26.5. The van der Waals surface area contributed by atoms with Crippen LogP contribution in [0.3, 0.4) is 0 Å². The van der Waals surface area contributed by atoms with Crippen molar-refractivity contribution >= 4 is 0 Å². The molecule has 0 unspecified atom stereocenters. The van der Waals surface area contributed by atoms with E-state index in [1.807, 2.05) is 20.8 Å². The van der Waals surface area contributed by atoms with Crippen LogP contribution in [0, 0.1) is 92.7 Å². The Morgan fingerprint density at radius 2 is 1.24 bits per heavy atom. The lowest BCUT2D eigenvalue weighted by atomic mass is 9.44. The number of aliphatic hydroxyl groups excluding tert-OH is 1. The first-order valence-electron chi connectivity index (χ1n) is 26.5. The highest BCUT2D eigenvalue weighted by Gasteiger charge is 2.64. The third kappa shape index (κ3) is 8.54. The minimum atomic E-state index is -4.13. The fourth-order valence-electron chi connectivity index (χ4n) is 18.4. The topological polar surface area (TPSA) is 80.9 Å². The summed E-state index contributed by atoms with van der Waals surface area (Å²) in [5, 5.41) is 46.2. The number of aliphatic hydroxyl groups is 4. The van der Waals surface area contributed by atoms with Crippen LogP contribution < -0.4 is 0 Å². The van der Waals surface area contributed by atoms with Gasteiger partial charge in [0.25, 0.3) is 0 Å². The van der Waals surface area contributed by atoms with E-state index in [0.717, 1.165) is 89.9 Å². The largest absolute Gasteiger partial charge is 0.391 e. The molecule has 0 heterocycles. The summed E-state index contributed by atoms with van der Waals surface area (Å²) >= 11 is 0. The predicted octanol–water partition coefficient (Wildman–Crippen LogP) is 13.8. The van der Waals surface area contributed by atoms with Crippen LogP contribution in [-0.4, -0.2) is 49.5 Å². The average molecular weight is 885 g/mol. The summed E-state index contributed by atoms with van der Waals surface area (Å²) in [4.78, 5) is 0. The SMILES string of the molecule is CC[C@]1(O)CC[C@@]2(C)C(=C[C@@H](O)[C@H]3[C@@H]4CC[C@H]([C@H](CC[C@@H]5C=C6C[C@@](C)(O)CC[C@]6(C)[C@H]6CC[C@]7(C)[C@@H]([C@H](C)CC[C@@H](C)C(F)(F)F)CC[C@H]7[C@H]56)CCC(C)(C)O)[C@@]4(C)CC[C@@H]32)C1. The number of allylic oxidation sites excluding steroid dienone is 1. The maximum absolute atomic E-state index is 13.6. The van der Waals surface area contributed by atoms with Crippen molar-refractivity contribution in [2.75, 3.05) is 0 Å². The normalized spacial score (nSPS) is 48.7. The van der Waals surface area contributed by atoms with Gasteiger partial charge in [-0.1, -0.05) is 71.8 Å². The fraction of sp³-hybridized carbons (Fsp3) is 0.929. The Hall–Kier alpha value is -0.890. The molecule has 8 aliphatic rings. The zero-order valence-electron chi connectivity index (χ0n) is 41.4. The van der Waals surface area contributed by atoms with E-state index in [1.54, 1.807) is 0 Å². The minimum absolute atomic E-state index is 0.0430. The molecule has 8 rings (SSSR count). The summed E-state index contributed by atoms with van der Waals surface area (Å²) in [6, 6.07) is 0. The summed E-state index contributed by atoms with van der Waals surface area (Å²) in [7, 11) is 0. The molecule has 0 aliphatic heterocycles. The van der Waals surface area contributed by atoms with Crippen molar-refractivity contribution in [3.8, 4) is 0 Å². The maximum Gasteiger partial charge on any atom is 0.391 e. The first-order chi connectivity index (χ1) is 29.2. The van der Waals surface area contributed by atoms with Gasteiger partial charge in [0.2, 0.25) is 0 Å². The van der Waals surface area contributed by atoms with E-state index >= 15 is 0 Å². The second-order valence-corrected chi connectivity index (χ2v) is 26.5. The second kappa shape index (κ2) is 16.7. The van der Waals surface area contributed by atoms with Crippen molar-refractivity contribution in [3.05, 3.63) is 23.3 Å². The van der Waals surface area contributed by atoms with E-state index < -0.39 is 35.0 Å². The first kappa shape index (κ1) is 48.6. The van der Waals surface area contributed by atoms with Gasteiger partial charge in [0.05, 0.1) is 28.8 Å². The molecule has 7 heteroatoms. The van der Waals surface area contributed by atoms with Crippen LogP contribution in [0.2, 0.25) is 0 Å². The van der Waals surface area contributed by atoms with Crippen molar-refractivity contribution in [2.24, 2.45) is 92.7 Å². The molecule has 0 aromatic carbocycles. The summed E-state index contributed by atoms with van der Waals surface area (Å²) in [6.45, 7) is 21.8. The Balaban J connectivity index is 1.07. The number of fused-ring (bicyclic) bond motifs is 10. The summed E-state index contributed by atoms with van der Waals surface area (Å²) in [6.07, 6.45) is 20.4. The lowest BCUT2D eigenvalue weighted by molar-refractivity contribution is -0.172. The average Bonchev–Trinajstić information content (AvgIpc) is 3.74. The maximum atomic E-state index is 13.6. The monoisotopic (exact) mass is 885 g/mol. The molecule has 6 fully saturated rings. The van der Waals surface area contributed by atoms with Crippen molar-refractivity contribution in [1.29, 1.82) is 0 Å². The van der Waals surface area contributed by atoms with Gasteiger partial charge in [-0.3, -0.25) is 0 Å². The minimum Gasteiger partial charge on any atom is -0.390 e. The van der Waals surface area contributed by atoms with Gasteiger partial charge in [-0.2, -0.15) is 13.2 Å². The van der Waals surface area contributed by atoms with Crippen LogP contribution in [0.15, 0.2) is 23.3 Å². The lowest BCUT2D eigenvalue weighted by Crippen LogP contribution is -2.56. The van der Waals surface area contributed by atoms with Crippen LogP contribution in [-0.2, 0) is 0 Å². The Morgan fingerprint density at radius 1 is 0.667 bits per heavy atom.